The number of rotatable bonds is 8. The van der Waals surface area contributed by atoms with Crippen molar-refractivity contribution < 1.29 is 9.15 Å². The average Bonchev–Trinajstić information content (AvgIpc) is 2.93. The summed E-state index contributed by atoms with van der Waals surface area (Å²) in [6.07, 6.45) is 3.85. The fraction of sp³-hybridized carbons (Fsp3) is 0.412. The van der Waals surface area contributed by atoms with E-state index < -0.39 is 0 Å². The number of hydrogen-bond acceptors (Lipinski definition) is 4. The summed E-state index contributed by atoms with van der Waals surface area (Å²) in [5, 5.41) is 3.40. The molecular formula is C17H23NO2S. The van der Waals surface area contributed by atoms with Gasteiger partial charge in [0, 0.05) is 17.0 Å². The highest BCUT2D eigenvalue weighted by molar-refractivity contribution is 7.98. The molecule has 0 aliphatic heterocycles. The molecule has 0 radical (unpaired) electrons. The van der Waals surface area contributed by atoms with Gasteiger partial charge in [-0.25, -0.2) is 0 Å². The van der Waals surface area contributed by atoms with Crippen molar-refractivity contribution in [3.63, 3.8) is 0 Å². The Kier molecular flexibility index (Phi) is 6.21. The lowest BCUT2D eigenvalue weighted by molar-refractivity contribution is 0.264. The molecule has 1 N–H and O–H groups in total. The van der Waals surface area contributed by atoms with Gasteiger partial charge in [0.2, 0.25) is 0 Å². The molecule has 21 heavy (non-hydrogen) atoms. The Morgan fingerprint density at radius 3 is 2.86 bits per heavy atom. The molecule has 4 heteroatoms. The molecule has 0 fully saturated rings. The highest BCUT2D eigenvalue weighted by Gasteiger charge is 2.06. The van der Waals surface area contributed by atoms with Crippen molar-refractivity contribution >= 4 is 11.8 Å². The van der Waals surface area contributed by atoms with Gasteiger partial charge < -0.3 is 14.5 Å². The number of para-hydroxylation sites is 1. The summed E-state index contributed by atoms with van der Waals surface area (Å²) in [5.74, 6) is 2.41. The van der Waals surface area contributed by atoms with Gasteiger partial charge in [0.25, 0.3) is 0 Å². The first-order valence-electron chi connectivity index (χ1n) is 7.22. The van der Waals surface area contributed by atoms with Crippen molar-refractivity contribution in [2.75, 3.05) is 12.8 Å². The van der Waals surface area contributed by atoms with E-state index >= 15 is 0 Å². The maximum absolute atomic E-state index is 5.84. The summed E-state index contributed by atoms with van der Waals surface area (Å²) in [6.45, 7) is 6.71. The quantitative estimate of drug-likeness (QED) is 0.736. The van der Waals surface area contributed by atoms with Crippen molar-refractivity contribution in [1.29, 1.82) is 0 Å². The molecule has 2 aromatic rings. The number of ether oxygens (including phenoxy) is 1. The fourth-order valence-electron chi connectivity index (χ4n) is 1.99. The van der Waals surface area contributed by atoms with Crippen LogP contribution in [0.4, 0.5) is 0 Å². The molecule has 0 aliphatic carbocycles. The van der Waals surface area contributed by atoms with E-state index in [9.17, 15) is 0 Å². The van der Waals surface area contributed by atoms with Crippen LogP contribution in [0.5, 0.6) is 5.75 Å². The van der Waals surface area contributed by atoms with Gasteiger partial charge in [-0.05, 0) is 36.9 Å². The minimum absolute atomic E-state index is 0.460. The monoisotopic (exact) mass is 305 g/mol. The van der Waals surface area contributed by atoms with Crippen LogP contribution in [-0.4, -0.2) is 12.8 Å². The maximum atomic E-state index is 5.84. The predicted octanol–water partition coefficient (Wildman–Crippen LogP) is 4.33. The van der Waals surface area contributed by atoms with Crippen molar-refractivity contribution in [2.24, 2.45) is 5.92 Å². The topological polar surface area (TPSA) is 34.4 Å². The van der Waals surface area contributed by atoms with Crippen molar-refractivity contribution in [3.8, 4) is 5.75 Å². The molecule has 0 atom stereocenters. The Labute approximate surface area is 131 Å². The summed E-state index contributed by atoms with van der Waals surface area (Å²) in [6, 6.07) is 10.1. The Balaban J connectivity index is 1.85. The lowest BCUT2D eigenvalue weighted by Crippen LogP contribution is -2.18. The summed E-state index contributed by atoms with van der Waals surface area (Å²) < 4.78 is 11.4. The van der Waals surface area contributed by atoms with Crippen LogP contribution in [-0.2, 0) is 13.2 Å². The van der Waals surface area contributed by atoms with Crippen LogP contribution >= 0.6 is 11.8 Å². The molecule has 0 bridgehead atoms. The van der Waals surface area contributed by atoms with Crippen LogP contribution in [0.1, 0.15) is 25.2 Å². The molecule has 114 valence electrons. The third kappa shape index (κ3) is 5.14. The molecule has 2 rings (SSSR count). The summed E-state index contributed by atoms with van der Waals surface area (Å²) in [7, 11) is 0. The summed E-state index contributed by atoms with van der Waals surface area (Å²) in [5.41, 5.74) is 1.16. The van der Waals surface area contributed by atoms with Crippen molar-refractivity contribution in [1.82, 2.24) is 5.32 Å². The number of thioether (sulfide) groups is 1. The first-order valence-corrected chi connectivity index (χ1v) is 8.44. The molecule has 3 nitrogen and oxygen atoms in total. The van der Waals surface area contributed by atoms with E-state index in [0.29, 0.717) is 12.5 Å². The Morgan fingerprint density at radius 2 is 2.10 bits per heavy atom. The first-order chi connectivity index (χ1) is 10.2. The standard InChI is InChI=1S/C17H23NO2S/c1-13(2)9-18-10-14-8-15(19-11-14)12-20-16-6-4-5-7-17(16)21-3/h4-8,11,13,18H,9-10,12H2,1-3H3. The zero-order chi connectivity index (χ0) is 15.1. The largest absolute Gasteiger partial charge is 0.484 e. The molecule has 0 saturated heterocycles. The highest BCUT2D eigenvalue weighted by atomic mass is 32.2. The first kappa shape index (κ1) is 16.0. The molecule has 1 heterocycles. The average molecular weight is 305 g/mol. The molecule has 0 unspecified atom stereocenters. The Bertz CT molecular complexity index is 551. The van der Waals surface area contributed by atoms with Gasteiger partial charge in [0.05, 0.1) is 6.26 Å². The maximum Gasteiger partial charge on any atom is 0.146 e. The van der Waals surface area contributed by atoms with Crippen molar-refractivity contribution in [3.05, 3.63) is 47.9 Å². The van der Waals surface area contributed by atoms with Gasteiger partial charge in [-0.3, -0.25) is 0 Å². The number of furan rings is 1. The SMILES string of the molecule is CSc1ccccc1OCc1cc(CNCC(C)C)co1. The van der Waals surface area contributed by atoms with Gasteiger partial charge in [0.15, 0.2) is 0 Å². The van der Waals surface area contributed by atoms with Crippen LogP contribution in [0.15, 0.2) is 45.9 Å². The summed E-state index contributed by atoms with van der Waals surface area (Å²) >= 11 is 1.68. The fourth-order valence-corrected chi connectivity index (χ4v) is 2.53. The van der Waals surface area contributed by atoms with Crippen LogP contribution in [0, 0.1) is 5.92 Å². The molecule has 0 spiro atoms. The van der Waals surface area contributed by atoms with Gasteiger partial charge in [-0.2, -0.15) is 0 Å². The van der Waals surface area contributed by atoms with Crippen LogP contribution < -0.4 is 10.1 Å². The minimum Gasteiger partial charge on any atom is -0.484 e. The van der Waals surface area contributed by atoms with E-state index in [1.165, 1.54) is 0 Å². The molecule has 0 aliphatic rings. The third-order valence-corrected chi connectivity index (χ3v) is 3.81. The van der Waals surface area contributed by atoms with Gasteiger partial charge in [-0.15, -0.1) is 11.8 Å². The molecule has 1 aromatic carbocycles. The second kappa shape index (κ2) is 8.15. The van der Waals surface area contributed by atoms with Crippen LogP contribution in [0.3, 0.4) is 0 Å². The molecular weight excluding hydrogens is 282 g/mol. The van der Waals surface area contributed by atoms with E-state index in [0.717, 1.165) is 35.1 Å². The van der Waals surface area contributed by atoms with Gasteiger partial charge in [-0.1, -0.05) is 26.0 Å². The number of hydrogen-bond donors (Lipinski definition) is 1. The second-order valence-electron chi connectivity index (χ2n) is 5.39. The smallest absolute Gasteiger partial charge is 0.146 e. The highest BCUT2D eigenvalue weighted by Crippen LogP contribution is 2.27. The van der Waals surface area contributed by atoms with E-state index in [-0.39, 0.29) is 0 Å². The van der Waals surface area contributed by atoms with Gasteiger partial charge >= 0.3 is 0 Å². The normalized spacial score (nSPS) is 11.0. The van der Waals surface area contributed by atoms with Crippen LogP contribution in [0.25, 0.3) is 0 Å². The zero-order valence-electron chi connectivity index (χ0n) is 12.9. The molecule has 1 aromatic heterocycles. The number of nitrogens with one attached hydrogen (secondary N) is 1. The lowest BCUT2D eigenvalue weighted by atomic mass is 10.2. The van der Waals surface area contributed by atoms with E-state index in [2.05, 4.69) is 31.3 Å². The Morgan fingerprint density at radius 1 is 1.29 bits per heavy atom. The third-order valence-electron chi connectivity index (χ3n) is 3.03. The summed E-state index contributed by atoms with van der Waals surface area (Å²) in [4.78, 5) is 1.14. The number of benzene rings is 1. The zero-order valence-corrected chi connectivity index (χ0v) is 13.7. The second-order valence-corrected chi connectivity index (χ2v) is 6.23. The van der Waals surface area contributed by atoms with Crippen LogP contribution in [0.2, 0.25) is 0 Å². The van der Waals surface area contributed by atoms with E-state index in [1.807, 2.05) is 24.5 Å². The molecule has 0 saturated carbocycles. The van der Waals surface area contributed by atoms with Crippen molar-refractivity contribution in [2.45, 2.75) is 31.9 Å². The minimum atomic E-state index is 0.460. The van der Waals surface area contributed by atoms with Gasteiger partial charge in [0.1, 0.15) is 18.1 Å². The Hall–Kier alpha value is -1.39. The van der Waals surface area contributed by atoms with E-state index in [4.69, 9.17) is 9.15 Å². The van der Waals surface area contributed by atoms with E-state index in [1.54, 1.807) is 18.0 Å². The molecule has 0 amide bonds. The lowest BCUT2D eigenvalue weighted by Gasteiger charge is -2.08. The predicted molar refractivity (Wildman–Crippen MR) is 87.8 cm³/mol.